The van der Waals surface area contributed by atoms with Crippen molar-refractivity contribution >= 4 is 52.2 Å². The highest BCUT2D eigenvalue weighted by Crippen LogP contribution is 2.33. The Kier molecular flexibility index (Phi) is 6.56. The van der Waals surface area contributed by atoms with E-state index in [0.29, 0.717) is 28.5 Å². The molecule has 1 aliphatic heterocycles. The molecule has 9 heteroatoms. The summed E-state index contributed by atoms with van der Waals surface area (Å²) in [7, 11) is 0. The van der Waals surface area contributed by atoms with Gasteiger partial charge in [-0.05, 0) is 66.7 Å². The van der Waals surface area contributed by atoms with E-state index in [0.717, 1.165) is 16.7 Å². The molecule has 0 radical (unpaired) electrons. The molecule has 0 unspecified atom stereocenters. The summed E-state index contributed by atoms with van der Waals surface area (Å²) in [6, 6.07) is 10.2. The fourth-order valence-corrected chi connectivity index (χ4v) is 3.67. The van der Waals surface area contributed by atoms with Crippen LogP contribution in [0.2, 0.25) is 5.02 Å². The number of nitrogens with one attached hydrogen (secondary N) is 1. The van der Waals surface area contributed by atoms with E-state index in [1.807, 2.05) is 0 Å². The molecule has 0 atom stereocenters. The van der Waals surface area contributed by atoms with E-state index in [2.05, 4.69) is 5.32 Å². The van der Waals surface area contributed by atoms with Crippen LogP contribution >= 0.6 is 23.4 Å². The van der Waals surface area contributed by atoms with E-state index in [4.69, 9.17) is 16.3 Å². The zero-order valence-corrected chi connectivity index (χ0v) is 16.8. The smallest absolute Gasteiger partial charge is 0.293 e. The Balaban J connectivity index is 1.62. The van der Waals surface area contributed by atoms with Gasteiger partial charge >= 0.3 is 0 Å². The molecule has 6 nitrogen and oxygen atoms in total. The molecule has 2 aromatic carbocycles. The molecule has 0 aromatic heterocycles. The number of carbonyl (C=O) groups is 3. The van der Waals surface area contributed by atoms with E-state index < -0.39 is 11.7 Å². The molecule has 1 heterocycles. The molecule has 3 amide bonds. The zero-order valence-electron chi connectivity index (χ0n) is 15.3. The first-order chi connectivity index (χ1) is 13.9. The quantitative estimate of drug-likeness (QED) is 0.675. The lowest BCUT2D eigenvalue weighted by atomic mass is 10.2. The van der Waals surface area contributed by atoms with Crippen LogP contribution in [0.5, 0.6) is 5.75 Å². The number of rotatable bonds is 6. The molecular formula is C20H16ClFN2O4S. The summed E-state index contributed by atoms with van der Waals surface area (Å²) >= 11 is 7.08. The topological polar surface area (TPSA) is 75.7 Å². The second kappa shape index (κ2) is 9.11. The number of nitrogens with zero attached hydrogens (tertiary/aromatic N) is 1. The highest BCUT2D eigenvalue weighted by Gasteiger charge is 2.33. The van der Waals surface area contributed by atoms with Crippen LogP contribution in [-0.2, 0) is 9.59 Å². The molecule has 1 N–H and O–H groups in total. The molecule has 150 valence electrons. The number of amides is 3. The number of hydrogen-bond donors (Lipinski definition) is 1. The SMILES string of the molecule is CCN1C(=O)S/C(=C/c2ccc(OCC(=O)Nc3ccc(F)cc3)c(Cl)c2)C1=O. The number of imide groups is 1. The summed E-state index contributed by atoms with van der Waals surface area (Å²) in [5, 5.41) is 2.53. The number of carbonyl (C=O) groups excluding carboxylic acids is 3. The number of ether oxygens (including phenoxy) is 1. The van der Waals surface area contributed by atoms with E-state index in [9.17, 15) is 18.8 Å². The standard InChI is InChI=1S/C20H16ClFN2O4S/c1-2-24-19(26)17(29-20(24)27)10-12-3-8-16(15(21)9-12)28-11-18(25)23-14-6-4-13(22)5-7-14/h3-10H,2,11H2,1H3,(H,23,25)/b17-10+. The zero-order chi connectivity index (χ0) is 21.0. The Morgan fingerprint density at radius 2 is 1.97 bits per heavy atom. The Bertz CT molecular complexity index is 994. The average molecular weight is 435 g/mol. The minimum Gasteiger partial charge on any atom is -0.482 e. The van der Waals surface area contributed by atoms with Crippen molar-refractivity contribution in [2.45, 2.75) is 6.92 Å². The third kappa shape index (κ3) is 5.16. The molecule has 3 rings (SSSR count). The van der Waals surface area contributed by atoms with Crippen LogP contribution < -0.4 is 10.1 Å². The molecule has 1 saturated heterocycles. The Morgan fingerprint density at radius 1 is 1.24 bits per heavy atom. The first kappa shape index (κ1) is 20.9. The molecule has 0 aliphatic carbocycles. The van der Waals surface area contributed by atoms with Gasteiger partial charge in [0.05, 0.1) is 9.93 Å². The van der Waals surface area contributed by atoms with Gasteiger partial charge in [-0.2, -0.15) is 0 Å². The van der Waals surface area contributed by atoms with E-state index in [1.165, 1.54) is 24.3 Å². The first-order valence-corrected chi connectivity index (χ1v) is 9.80. The first-order valence-electron chi connectivity index (χ1n) is 8.60. The molecule has 1 aliphatic rings. The van der Waals surface area contributed by atoms with Gasteiger partial charge in [0.15, 0.2) is 6.61 Å². The van der Waals surface area contributed by atoms with Gasteiger partial charge < -0.3 is 10.1 Å². The maximum Gasteiger partial charge on any atom is 0.293 e. The minimum atomic E-state index is -0.426. The van der Waals surface area contributed by atoms with Crippen LogP contribution in [-0.4, -0.2) is 35.1 Å². The lowest BCUT2D eigenvalue weighted by Gasteiger charge is -2.09. The molecule has 1 fully saturated rings. The number of halogens is 2. The van der Waals surface area contributed by atoms with Gasteiger partial charge in [0.2, 0.25) is 0 Å². The highest BCUT2D eigenvalue weighted by molar-refractivity contribution is 8.18. The van der Waals surface area contributed by atoms with Crippen LogP contribution in [0.15, 0.2) is 47.4 Å². The van der Waals surface area contributed by atoms with Gasteiger partial charge in [-0.25, -0.2) is 4.39 Å². The van der Waals surface area contributed by atoms with Gasteiger partial charge in [0.25, 0.3) is 17.1 Å². The lowest BCUT2D eigenvalue weighted by Crippen LogP contribution is -2.27. The third-order valence-corrected chi connectivity index (χ3v) is 5.13. The number of likely N-dealkylation sites (N-methyl/N-ethyl adjacent to an activating group) is 1. The monoisotopic (exact) mass is 434 g/mol. The van der Waals surface area contributed by atoms with E-state index >= 15 is 0 Å². The van der Waals surface area contributed by atoms with E-state index in [1.54, 1.807) is 31.2 Å². The molecule has 0 bridgehead atoms. The van der Waals surface area contributed by atoms with Crippen LogP contribution in [0.25, 0.3) is 6.08 Å². The van der Waals surface area contributed by atoms with Crippen LogP contribution in [0.3, 0.4) is 0 Å². The summed E-state index contributed by atoms with van der Waals surface area (Å²) in [5.41, 5.74) is 1.07. The van der Waals surface area contributed by atoms with Crippen LogP contribution in [0.1, 0.15) is 12.5 Å². The average Bonchev–Trinajstić information content (AvgIpc) is 2.95. The van der Waals surface area contributed by atoms with Gasteiger partial charge in [0.1, 0.15) is 11.6 Å². The second-order valence-corrected chi connectivity index (χ2v) is 7.36. The predicted octanol–water partition coefficient (Wildman–Crippen LogP) is 4.55. The van der Waals surface area contributed by atoms with Crippen molar-refractivity contribution < 1.29 is 23.5 Å². The van der Waals surface area contributed by atoms with Crippen molar-refractivity contribution in [2.75, 3.05) is 18.5 Å². The van der Waals surface area contributed by atoms with Crippen LogP contribution in [0, 0.1) is 5.82 Å². The molecule has 0 spiro atoms. The number of benzene rings is 2. The van der Waals surface area contributed by atoms with Crippen LogP contribution in [0.4, 0.5) is 14.9 Å². The summed E-state index contributed by atoms with van der Waals surface area (Å²) in [6.07, 6.45) is 1.58. The third-order valence-electron chi connectivity index (χ3n) is 3.93. The summed E-state index contributed by atoms with van der Waals surface area (Å²) in [6.45, 7) is 1.76. The fraction of sp³-hybridized carbons (Fsp3) is 0.150. The number of thioether (sulfide) groups is 1. The van der Waals surface area contributed by atoms with Crippen molar-refractivity contribution in [1.82, 2.24) is 4.90 Å². The molecule has 0 saturated carbocycles. The fourth-order valence-electron chi connectivity index (χ4n) is 2.52. The highest BCUT2D eigenvalue weighted by atomic mass is 35.5. The molecule has 2 aromatic rings. The Hall–Kier alpha value is -2.84. The number of anilines is 1. The normalized spacial score (nSPS) is 15.1. The molecule has 29 heavy (non-hydrogen) atoms. The lowest BCUT2D eigenvalue weighted by molar-refractivity contribution is -0.122. The summed E-state index contributed by atoms with van der Waals surface area (Å²) < 4.78 is 18.3. The Labute approximate surface area is 175 Å². The largest absolute Gasteiger partial charge is 0.482 e. The van der Waals surface area contributed by atoms with Gasteiger partial charge in [-0.1, -0.05) is 17.7 Å². The number of hydrogen-bond acceptors (Lipinski definition) is 5. The maximum absolute atomic E-state index is 12.9. The van der Waals surface area contributed by atoms with Gasteiger partial charge in [0, 0.05) is 12.2 Å². The minimum absolute atomic E-state index is 0.253. The van der Waals surface area contributed by atoms with Crippen molar-refractivity contribution in [3.05, 3.63) is 63.8 Å². The molecular weight excluding hydrogens is 419 g/mol. The van der Waals surface area contributed by atoms with E-state index in [-0.39, 0.29) is 22.8 Å². The van der Waals surface area contributed by atoms with Gasteiger partial charge in [-0.3, -0.25) is 19.3 Å². The Morgan fingerprint density at radius 3 is 2.59 bits per heavy atom. The van der Waals surface area contributed by atoms with Gasteiger partial charge in [-0.15, -0.1) is 0 Å². The van der Waals surface area contributed by atoms with Crippen molar-refractivity contribution in [3.8, 4) is 5.75 Å². The van der Waals surface area contributed by atoms with Crippen molar-refractivity contribution in [3.63, 3.8) is 0 Å². The maximum atomic E-state index is 12.9. The second-order valence-electron chi connectivity index (χ2n) is 5.96. The summed E-state index contributed by atoms with van der Waals surface area (Å²) in [4.78, 5) is 37.3. The predicted molar refractivity (Wildman–Crippen MR) is 110 cm³/mol. The van der Waals surface area contributed by atoms with Crippen molar-refractivity contribution in [1.29, 1.82) is 0 Å². The van der Waals surface area contributed by atoms with Crippen molar-refractivity contribution in [2.24, 2.45) is 0 Å². The summed E-state index contributed by atoms with van der Waals surface area (Å²) in [5.74, 6) is -0.869.